The normalized spacial score (nSPS) is 17.7. The van der Waals surface area contributed by atoms with E-state index in [4.69, 9.17) is 0 Å². The fraction of sp³-hybridized carbons (Fsp3) is 0.571. The van der Waals surface area contributed by atoms with Crippen LogP contribution in [0.2, 0.25) is 0 Å². The minimum Gasteiger partial charge on any atom is -0.356 e. The highest BCUT2D eigenvalue weighted by molar-refractivity contribution is 5.80. The fourth-order valence-corrected chi connectivity index (χ4v) is 2.19. The predicted octanol–water partition coefficient (Wildman–Crippen LogP) is 1.40. The molecule has 1 heterocycles. The van der Waals surface area contributed by atoms with E-state index in [0.29, 0.717) is 12.0 Å². The second-order valence-electron chi connectivity index (χ2n) is 5.07. The molecule has 2 N–H and O–H groups in total. The van der Waals surface area contributed by atoms with Crippen molar-refractivity contribution in [2.45, 2.75) is 32.4 Å². The molecule has 0 saturated carbocycles. The van der Waals surface area contributed by atoms with Gasteiger partial charge >= 0.3 is 0 Å². The highest BCUT2D eigenvalue weighted by Crippen LogP contribution is 2.08. The Kier molecular flexibility index (Phi) is 5.01. The first-order valence-corrected chi connectivity index (χ1v) is 6.87. The summed E-state index contributed by atoms with van der Waals surface area (Å²) >= 11 is 0. The third kappa shape index (κ3) is 4.43. The van der Waals surface area contributed by atoms with Crippen molar-refractivity contribution in [3.8, 4) is 0 Å². The summed E-state index contributed by atoms with van der Waals surface area (Å²) in [4.78, 5) is 4.26. The van der Waals surface area contributed by atoms with Gasteiger partial charge < -0.3 is 10.6 Å². The van der Waals surface area contributed by atoms with Gasteiger partial charge in [0.1, 0.15) is 0 Å². The first-order valence-electron chi connectivity index (χ1n) is 6.87. The summed E-state index contributed by atoms with van der Waals surface area (Å²) < 4.78 is 1.96. The van der Waals surface area contributed by atoms with Crippen molar-refractivity contribution < 1.29 is 0 Å². The van der Waals surface area contributed by atoms with E-state index in [9.17, 15) is 0 Å². The largest absolute Gasteiger partial charge is 0.356 e. The molecule has 0 amide bonds. The molecular formula is C14H23N5. The van der Waals surface area contributed by atoms with Gasteiger partial charge in [0.15, 0.2) is 5.96 Å². The zero-order valence-electron chi connectivity index (χ0n) is 11.7. The van der Waals surface area contributed by atoms with Crippen molar-refractivity contribution in [1.29, 1.82) is 0 Å². The first-order chi connectivity index (χ1) is 9.28. The number of nitrogens with one attached hydrogen (secondary N) is 2. The van der Waals surface area contributed by atoms with Crippen molar-refractivity contribution in [3.63, 3.8) is 0 Å². The molecule has 0 aromatic carbocycles. The Bertz CT molecular complexity index is 413. The maximum atomic E-state index is 4.26. The number of rotatable bonds is 5. The number of guanidine groups is 1. The van der Waals surface area contributed by atoms with Crippen LogP contribution in [-0.4, -0.2) is 35.4 Å². The lowest BCUT2D eigenvalue weighted by atomic mass is 10.2. The van der Waals surface area contributed by atoms with Crippen LogP contribution in [0.4, 0.5) is 0 Å². The highest BCUT2D eigenvalue weighted by Gasteiger charge is 2.12. The van der Waals surface area contributed by atoms with Gasteiger partial charge in [0.05, 0.1) is 0 Å². The van der Waals surface area contributed by atoms with Crippen molar-refractivity contribution >= 4 is 5.96 Å². The number of hydrogen-bond donors (Lipinski definition) is 2. The van der Waals surface area contributed by atoms with Crippen molar-refractivity contribution in [2.75, 3.05) is 13.6 Å². The Hall–Kier alpha value is -1.78. The van der Waals surface area contributed by atoms with Gasteiger partial charge in [0.25, 0.3) is 0 Å². The van der Waals surface area contributed by atoms with E-state index in [1.165, 1.54) is 0 Å². The van der Waals surface area contributed by atoms with Crippen LogP contribution in [0.3, 0.4) is 0 Å². The minimum absolute atomic E-state index is 0.493. The van der Waals surface area contributed by atoms with E-state index in [0.717, 1.165) is 31.9 Å². The number of hydrogen-bond acceptors (Lipinski definition) is 2. The topological polar surface area (TPSA) is 54.2 Å². The standard InChI is InChI=1S/C14H23N5/c1-12(11-19-9-5-8-17-19)10-16-14(15-2)18-13-6-3-4-7-13/h3-5,8-9,12-13H,6-7,10-11H2,1-2H3,(H2,15,16,18). The molecule has 19 heavy (non-hydrogen) atoms. The second kappa shape index (κ2) is 6.97. The van der Waals surface area contributed by atoms with Crippen LogP contribution in [0, 0.1) is 5.92 Å². The smallest absolute Gasteiger partial charge is 0.191 e. The third-order valence-electron chi connectivity index (χ3n) is 3.25. The maximum absolute atomic E-state index is 4.26. The molecule has 0 spiro atoms. The molecule has 1 aliphatic rings. The molecule has 1 aliphatic carbocycles. The van der Waals surface area contributed by atoms with Crippen LogP contribution in [0.15, 0.2) is 35.6 Å². The number of nitrogens with zero attached hydrogens (tertiary/aromatic N) is 3. The quantitative estimate of drug-likeness (QED) is 0.478. The van der Waals surface area contributed by atoms with E-state index >= 15 is 0 Å². The zero-order chi connectivity index (χ0) is 13.5. The van der Waals surface area contributed by atoms with Crippen LogP contribution < -0.4 is 10.6 Å². The summed E-state index contributed by atoms with van der Waals surface area (Å²) in [6.07, 6.45) is 10.4. The molecule has 5 nitrogen and oxygen atoms in total. The summed E-state index contributed by atoms with van der Waals surface area (Å²) in [6, 6.07) is 2.45. The fourth-order valence-electron chi connectivity index (χ4n) is 2.19. The van der Waals surface area contributed by atoms with Gasteiger partial charge in [-0.3, -0.25) is 9.67 Å². The Morgan fingerprint density at radius 1 is 1.47 bits per heavy atom. The highest BCUT2D eigenvalue weighted by atomic mass is 15.3. The Labute approximate surface area is 114 Å². The van der Waals surface area contributed by atoms with Gasteiger partial charge in [-0.25, -0.2) is 0 Å². The van der Waals surface area contributed by atoms with Crippen molar-refractivity contribution in [3.05, 3.63) is 30.6 Å². The molecule has 0 aliphatic heterocycles. The van der Waals surface area contributed by atoms with Crippen LogP contribution in [0.5, 0.6) is 0 Å². The van der Waals surface area contributed by atoms with E-state index < -0.39 is 0 Å². The van der Waals surface area contributed by atoms with E-state index in [1.807, 2.05) is 30.2 Å². The first kappa shape index (κ1) is 13.6. The summed E-state index contributed by atoms with van der Waals surface area (Å²) in [5.74, 6) is 1.39. The lowest BCUT2D eigenvalue weighted by Gasteiger charge is -2.19. The Morgan fingerprint density at radius 2 is 2.26 bits per heavy atom. The molecule has 0 radical (unpaired) electrons. The molecule has 2 rings (SSSR count). The number of aromatic nitrogens is 2. The SMILES string of the molecule is CN=C(NCC(C)Cn1cccn1)NC1CC=CC1. The molecule has 1 unspecified atom stereocenters. The average molecular weight is 261 g/mol. The van der Waals surface area contributed by atoms with Crippen LogP contribution in [0.25, 0.3) is 0 Å². The molecule has 0 fully saturated rings. The molecule has 0 saturated heterocycles. The summed E-state index contributed by atoms with van der Waals surface area (Å²) in [5.41, 5.74) is 0. The molecule has 5 heteroatoms. The summed E-state index contributed by atoms with van der Waals surface area (Å²) in [6.45, 7) is 4.01. The number of aliphatic imine (C=N–C) groups is 1. The van der Waals surface area contributed by atoms with Gasteiger partial charge in [-0.05, 0) is 24.8 Å². The molecule has 1 atom stereocenters. The lowest BCUT2D eigenvalue weighted by Crippen LogP contribution is -2.44. The van der Waals surface area contributed by atoms with Crippen molar-refractivity contribution in [1.82, 2.24) is 20.4 Å². The Balaban J connectivity index is 1.70. The van der Waals surface area contributed by atoms with Crippen molar-refractivity contribution in [2.24, 2.45) is 10.9 Å². The monoisotopic (exact) mass is 261 g/mol. The molecule has 0 bridgehead atoms. The molecule has 104 valence electrons. The van der Waals surface area contributed by atoms with E-state index in [1.54, 1.807) is 0 Å². The molecular weight excluding hydrogens is 238 g/mol. The van der Waals surface area contributed by atoms with Gasteiger partial charge in [-0.1, -0.05) is 19.1 Å². The minimum atomic E-state index is 0.493. The second-order valence-corrected chi connectivity index (χ2v) is 5.07. The summed E-state index contributed by atoms with van der Waals surface area (Å²) in [7, 11) is 1.82. The lowest BCUT2D eigenvalue weighted by molar-refractivity contribution is 0.442. The van der Waals surface area contributed by atoms with Gasteiger partial charge in [0.2, 0.25) is 0 Å². The maximum Gasteiger partial charge on any atom is 0.191 e. The third-order valence-corrected chi connectivity index (χ3v) is 3.25. The Morgan fingerprint density at radius 3 is 2.89 bits per heavy atom. The van der Waals surface area contributed by atoms with Crippen LogP contribution >= 0.6 is 0 Å². The predicted molar refractivity (Wildman–Crippen MR) is 78.1 cm³/mol. The van der Waals surface area contributed by atoms with E-state index in [2.05, 4.69) is 39.8 Å². The van der Waals surface area contributed by atoms with Crippen LogP contribution in [0.1, 0.15) is 19.8 Å². The molecule has 1 aromatic heterocycles. The molecule has 1 aromatic rings. The van der Waals surface area contributed by atoms with E-state index in [-0.39, 0.29) is 0 Å². The van der Waals surface area contributed by atoms with Gasteiger partial charge in [-0.2, -0.15) is 5.10 Å². The summed E-state index contributed by atoms with van der Waals surface area (Å²) in [5, 5.41) is 11.0. The van der Waals surface area contributed by atoms with Gasteiger partial charge in [-0.15, -0.1) is 0 Å². The van der Waals surface area contributed by atoms with Gasteiger partial charge in [0, 0.05) is 38.6 Å². The van der Waals surface area contributed by atoms with Crippen LogP contribution in [-0.2, 0) is 6.54 Å². The average Bonchev–Trinajstić information content (AvgIpc) is 3.07. The zero-order valence-corrected chi connectivity index (χ0v) is 11.7.